The highest BCUT2D eigenvalue weighted by Crippen LogP contribution is 2.42. The maximum atomic E-state index is 13.8. The van der Waals surface area contributed by atoms with E-state index in [9.17, 15) is 26.3 Å². The Bertz CT molecular complexity index is 1300. The number of halogens is 7. The SMILES string of the molecule is CC(C)(C)c1cc(-c2nc3c(C(F)(F)F)cc(-c4ccccc4C(F)(F)F)cc3[nH]2)on1.Cl. The third-order valence-corrected chi connectivity index (χ3v) is 4.95. The summed E-state index contributed by atoms with van der Waals surface area (Å²) in [5, 5.41) is 3.93. The number of benzene rings is 2. The average molecular weight is 490 g/mol. The Morgan fingerprint density at radius 2 is 1.48 bits per heavy atom. The summed E-state index contributed by atoms with van der Waals surface area (Å²) in [6, 6.07) is 7.93. The summed E-state index contributed by atoms with van der Waals surface area (Å²) in [7, 11) is 0. The van der Waals surface area contributed by atoms with Crippen molar-refractivity contribution in [2.24, 2.45) is 0 Å². The summed E-state index contributed by atoms with van der Waals surface area (Å²) < 4.78 is 87.0. The third kappa shape index (κ3) is 4.71. The minimum atomic E-state index is -4.84. The van der Waals surface area contributed by atoms with Gasteiger partial charge in [0.15, 0.2) is 5.82 Å². The van der Waals surface area contributed by atoms with Crippen LogP contribution in [0.25, 0.3) is 33.7 Å². The van der Waals surface area contributed by atoms with Crippen molar-refractivity contribution in [3.8, 4) is 22.7 Å². The van der Waals surface area contributed by atoms with Crippen molar-refractivity contribution in [1.29, 1.82) is 0 Å². The first kappa shape index (κ1) is 24.6. The molecule has 0 atom stereocenters. The number of imidazole rings is 1. The van der Waals surface area contributed by atoms with Gasteiger partial charge >= 0.3 is 12.4 Å². The standard InChI is InChI=1S/C22H17F6N3O.ClH/c1-20(2,3)17-10-16(32-31-17)19-29-15-9-11(8-14(18(15)30-19)22(26,27)28)12-6-4-5-7-13(12)21(23,24)25;/h4-10H,1-3H3,(H,29,30);1H. The lowest BCUT2D eigenvalue weighted by Crippen LogP contribution is -2.10. The molecule has 0 unspecified atom stereocenters. The number of nitrogens with one attached hydrogen (secondary N) is 1. The molecule has 0 aliphatic heterocycles. The molecule has 0 amide bonds. The molecule has 4 aromatic rings. The molecule has 0 saturated heterocycles. The molecule has 0 aliphatic rings. The highest BCUT2D eigenvalue weighted by Gasteiger charge is 2.37. The molecule has 2 aromatic carbocycles. The molecule has 176 valence electrons. The fraction of sp³-hybridized carbons (Fsp3) is 0.273. The summed E-state index contributed by atoms with van der Waals surface area (Å²) in [5.74, 6) is 0.117. The fourth-order valence-electron chi connectivity index (χ4n) is 3.33. The second kappa shape index (κ2) is 8.09. The van der Waals surface area contributed by atoms with Crippen LogP contribution in [0.15, 0.2) is 47.0 Å². The number of alkyl halides is 6. The number of nitrogens with zero attached hydrogens (tertiary/aromatic N) is 2. The molecule has 33 heavy (non-hydrogen) atoms. The highest BCUT2D eigenvalue weighted by atomic mass is 35.5. The molecule has 0 saturated carbocycles. The second-order valence-corrected chi connectivity index (χ2v) is 8.37. The first-order valence-corrected chi connectivity index (χ1v) is 9.50. The zero-order valence-electron chi connectivity index (χ0n) is 17.5. The number of fused-ring (bicyclic) bond motifs is 1. The van der Waals surface area contributed by atoms with Gasteiger partial charge in [-0.15, -0.1) is 12.4 Å². The molecule has 4 rings (SSSR count). The average Bonchev–Trinajstić information content (AvgIpc) is 3.32. The van der Waals surface area contributed by atoms with Crippen molar-refractivity contribution in [2.45, 2.75) is 38.5 Å². The Labute approximate surface area is 190 Å². The molecule has 0 aliphatic carbocycles. The van der Waals surface area contributed by atoms with Gasteiger partial charge in [-0.1, -0.05) is 44.1 Å². The van der Waals surface area contributed by atoms with Gasteiger partial charge < -0.3 is 9.51 Å². The molecule has 0 spiro atoms. The Kier molecular flexibility index (Phi) is 6.04. The van der Waals surface area contributed by atoms with Crippen molar-refractivity contribution < 1.29 is 30.9 Å². The Morgan fingerprint density at radius 1 is 0.848 bits per heavy atom. The van der Waals surface area contributed by atoms with Crippen LogP contribution < -0.4 is 0 Å². The summed E-state index contributed by atoms with van der Waals surface area (Å²) in [5.41, 5.74) is -3.07. The predicted octanol–water partition coefficient (Wildman–Crippen LogP) is 7.64. The first-order valence-electron chi connectivity index (χ1n) is 9.50. The third-order valence-electron chi connectivity index (χ3n) is 4.95. The predicted molar refractivity (Wildman–Crippen MR) is 113 cm³/mol. The van der Waals surface area contributed by atoms with Crippen LogP contribution in [0.4, 0.5) is 26.3 Å². The van der Waals surface area contributed by atoms with Gasteiger partial charge in [0, 0.05) is 11.5 Å². The number of hydrogen-bond donors (Lipinski definition) is 1. The van der Waals surface area contributed by atoms with E-state index in [-0.39, 0.29) is 46.1 Å². The summed E-state index contributed by atoms with van der Waals surface area (Å²) in [6.45, 7) is 5.66. The van der Waals surface area contributed by atoms with Gasteiger partial charge in [-0.05, 0) is 29.3 Å². The summed E-state index contributed by atoms with van der Waals surface area (Å²) in [6.07, 6.45) is -9.57. The molecule has 1 N–H and O–H groups in total. The Hall–Kier alpha value is -3.01. The normalized spacial score (nSPS) is 12.8. The fourth-order valence-corrected chi connectivity index (χ4v) is 3.33. The lowest BCUT2D eigenvalue weighted by Gasteiger charge is -2.15. The summed E-state index contributed by atoms with van der Waals surface area (Å²) >= 11 is 0. The van der Waals surface area contributed by atoms with Gasteiger partial charge in [0.2, 0.25) is 5.76 Å². The van der Waals surface area contributed by atoms with Crippen LogP contribution in [0.5, 0.6) is 0 Å². The van der Waals surface area contributed by atoms with Crippen molar-refractivity contribution in [1.82, 2.24) is 15.1 Å². The number of H-pyrrole nitrogens is 1. The molecule has 11 heteroatoms. The molecular weight excluding hydrogens is 472 g/mol. The van der Waals surface area contributed by atoms with Crippen LogP contribution in [0.1, 0.15) is 37.6 Å². The van der Waals surface area contributed by atoms with Crippen LogP contribution in [-0.2, 0) is 17.8 Å². The van der Waals surface area contributed by atoms with E-state index in [1.807, 2.05) is 20.8 Å². The number of rotatable bonds is 2. The Morgan fingerprint density at radius 3 is 2.06 bits per heavy atom. The summed E-state index contributed by atoms with van der Waals surface area (Å²) in [4.78, 5) is 6.75. The molecule has 0 radical (unpaired) electrons. The number of hydrogen-bond acceptors (Lipinski definition) is 3. The number of aromatic amines is 1. The van der Waals surface area contributed by atoms with Gasteiger partial charge in [-0.25, -0.2) is 4.98 Å². The van der Waals surface area contributed by atoms with Gasteiger partial charge in [-0.2, -0.15) is 26.3 Å². The van der Waals surface area contributed by atoms with Crippen LogP contribution in [0.2, 0.25) is 0 Å². The number of aromatic nitrogens is 3. The van der Waals surface area contributed by atoms with Crippen LogP contribution in [-0.4, -0.2) is 15.1 Å². The molecule has 2 heterocycles. The molecule has 0 fully saturated rings. The minimum Gasteiger partial charge on any atom is -0.353 e. The molecular formula is C22H18ClF6N3O. The maximum Gasteiger partial charge on any atom is 0.418 e. The minimum absolute atomic E-state index is 0. The molecule has 2 aromatic heterocycles. The maximum absolute atomic E-state index is 13.8. The van der Waals surface area contributed by atoms with E-state index in [0.29, 0.717) is 11.8 Å². The topological polar surface area (TPSA) is 54.7 Å². The van der Waals surface area contributed by atoms with Crippen LogP contribution >= 0.6 is 12.4 Å². The lowest BCUT2D eigenvalue weighted by atomic mass is 9.92. The van der Waals surface area contributed by atoms with Crippen LogP contribution in [0.3, 0.4) is 0 Å². The molecule has 4 nitrogen and oxygen atoms in total. The highest BCUT2D eigenvalue weighted by molar-refractivity contribution is 5.88. The zero-order valence-corrected chi connectivity index (χ0v) is 18.3. The van der Waals surface area contributed by atoms with Crippen molar-refractivity contribution in [3.05, 3.63) is 59.3 Å². The van der Waals surface area contributed by atoms with Gasteiger partial charge in [0.1, 0.15) is 5.52 Å². The van der Waals surface area contributed by atoms with Crippen LogP contribution in [0, 0.1) is 0 Å². The van der Waals surface area contributed by atoms with Crippen molar-refractivity contribution >= 4 is 23.4 Å². The van der Waals surface area contributed by atoms with Crippen molar-refractivity contribution in [2.75, 3.05) is 0 Å². The molecule has 0 bridgehead atoms. The van der Waals surface area contributed by atoms with E-state index in [2.05, 4.69) is 15.1 Å². The monoisotopic (exact) mass is 489 g/mol. The Balaban J connectivity index is 0.00000306. The zero-order chi connectivity index (χ0) is 23.5. The van der Waals surface area contributed by atoms with E-state index < -0.39 is 29.0 Å². The quantitative estimate of drug-likeness (QED) is 0.294. The first-order chi connectivity index (χ1) is 14.7. The largest absolute Gasteiger partial charge is 0.418 e. The van der Waals surface area contributed by atoms with E-state index in [1.165, 1.54) is 18.2 Å². The van der Waals surface area contributed by atoms with E-state index in [0.717, 1.165) is 12.1 Å². The lowest BCUT2D eigenvalue weighted by molar-refractivity contribution is -0.137. The second-order valence-electron chi connectivity index (χ2n) is 8.37. The smallest absolute Gasteiger partial charge is 0.353 e. The van der Waals surface area contributed by atoms with Gasteiger partial charge in [0.25, 0.3) is 0 Å². The van der Waals surface area contributed by atoms with E-state index >= 15 is 0 Å². The van der Waals surface area contributed by atoms with E-state index in [4.69, 9.17) is 4.52 Å². The van der Waals surface area contributed by atoms with Gasteiger partial charge in [0.05, 0.1) is 22.3 Å². The van der Waals surface area contributed by atoms with Crippen molar-refractivity contribution in [3.63, 3.8) is 0 Å². The van der Waals surface area contributed by atoms with E-state index in [1.54, 1.807) is 6.07 Å². The van der Waals surface area contributed by atoms with Gasteiger partial charge in [-0.3, -0.25) is 0 Å².